The highest BCUT2D eigenvalue weighted by Crippen LogP contribution is 2.32. The van der Waals surface area contributed by atoms with Gasteiger partial charge in [-0.25, -0.2) is 16.8 Å². The number of rotatable bonds is 7. The zero-order valence-corrected chi connectivity index (χ0v) is 22.3. The molecule has 2 saturated heterocycles. The van der Waals surface area contributed by atoms with E-state index < -0.39 is 26.0 Å². The van der Waals surface area contributed by atoms with Crippen molar-refractivity contribution >= 4 is 31.6 Å². The van der Waals surface area contributed by atoms with E-state index in [1.165, 1.54) is 27.9 Å². The Bertz CT molecular complexity index is 1300. The summed E-state index contributed by atoms with van der Waals surface area (Å²) >= 11 is 0. The summed E-state index contributed by atoms with van der Waals surface area (Å²) < 4.78 is 60.9. The first-order valence-corrected chi connectivity index (χ1v) is 15.1. The molecule has 2 aromatic rings. The number of nitrogens with one attached hydrogen (secondary N) is 1. The summed E-state index contributed by atoms with van der Waals surface area (Å²) in [4.78, 5) is 13.3. The summed E-state index contributed by atoms with van der Waals surface area (Å²) in [5.41, 5.74) is 1.29. The van der Waals surface area contributed by atoms with Crippen molar-refractivity contribution in [3.8, 4) is 5.75 Å². The van der Waals surface area contributed by atoms with Gasteiger partial charge in [0.05, 0.1) is 17.9 Å². The van der Waals surface area contributed by atoms with E-state index in [1.807, 2.05) is 6.92 Å². The van der Waals surface area contributed by atoms with Crippen molar-refractivity contribution in [3.63, 3.8) is 0 Å². The number of amides is 1. The zero-order valence-electron chi connectivity index (χ0n) is 20.6. The molecule has 4 rings (SSSR count). The van der Waals surface area contributed by atoms with Gasteiger partial charge in [-0.1, -0.05) is 24.1 Å². The highest BCUT2D eigenvalue weighted by Gasteiger charge is 2.34. The number of hydrogen-bond donors (Lipinski definition) is 1. The van der Waals surface area contributed by atoms with Gasteiger partial charge in [-0.05, 0) is 62.9 Å². The first-order valence-electron chi connectivity index (χ1n) is 12.2. The number of carbonyl (C=O) groups is 1. The third-order valence-corrected chi connectivity index (χ3v) is 10.6. The van der Waals surface area contributed by atoms with E-state index in [2.05, 4.69) is 5.32 Å². The summed E-state index contributed by atoms with van der Waals surface area (Å²) in [7, 11) is -6.08. The third-order valence-electron chi connectivity index (χ3n) is 6.78. The number of anilines is 1. The molecule has 0 aliphatic carbocycles. The highest BCUT2D eigenvalue weighted by molar-refractivity contribution is 7.89. The van der Waals surface area contributed by atoms with E-state index in [1.54, 1.807) is 30.3 Å². The topological polar surface area (TPSA) is 113 Å². The summed E-state index contributed by atoms with van der Waals surface area (Å²) in [5.74, 6) is -0.680. The molecule has 2 aliphatic heterocycles. The Hall–Kier alpha value is -2.47. The minimum Gasteiger partial charge on any atom is -0.495 e. The summed E-state index contributed by atoms with van der Waals surface area (Å²) in [6.07, 6.45) is 3.71. The lowest BCUT2D eigenvalue weighted by Gasteiger charge is -2.31. The molecular weight excluding hydrogens is 502 g/mol. The van der Waals surface area contributed by atoms with Gasteiger partial charge in [-0.2, -0.15) is 8.61 Å². The number of ether oxygens (including phenoxy) is 1. The Morgan fingerprint density at radius 3 is 2.22 bits per heavy atom. The Morgan fingerprint density at radius 1 is 0.889 bits per heavy atom. The SMILES string of the molecule is COc1ccc(NC(=O)[C@@H]2CCCN(S(=O)(=O)c3ccc(C)cc3)C2)cc1S(=O)(=O)N1CCCCC1. The van der Waals surface area contributed by atoms with Gasteiger partial charge < -0.3 is 10.1 Å². The molecule has 2 aliphatic rings. The van der Waals surface area contributed by atoms with E-state index in [0.29, 0.717) is 38.2 Å². The summed E-state index contributed by atoms with van der Waals surface area (Å²) in [5, 5.41) is 2.80. The van der Waals surface area contributed by atoms with Crippen molar-refractivity contribution in [1.29, 1.82) is 0 Å². The molecule has 11 heteroatoms. The van der Waals surface area contributed by atoms with E-state index in [4.69, 9.17) is 4.74 Å². The fourth-order valence-corrected chi connectivity index (χ4v) is 7.90. The number of nitrogens with zero attached hydrogens (tertiary/aromatic N) is 2. The lowest BCUT2D eigenvalue weighted by molar-refractivity contribution is -0.120. The number of sulfonamides is 2. The monoisotopic (exact) mass is 535 g/mol. The fourth-order valence-electron chi connectivity index (χ4n) is 4.68. The highest BCUT2D eigenvalue weighted by atomic mass is 32.2. The molecule has 196 valence electrons. The van der Waals surface area contributed by atoms with Gasteiger partial charge in [0.25, 0.3) is 0 Å². The molecule has 1 amide bonds. The number of methoxy groups -OCH3 is 1. The van der Waals surface area contributed by atoms with Crippen LogP contribution < -0.4 is 10.1 Å². The molecule has 2 aromatic carbocycles. The fraction of sp³-hybridized carbons (Fsp3) is 0.480. The van der Waals surface area contributed by atoms with Gasteiger partial charge in [-0.15, -0.1) is 0 Å². The third kappa shape index (κ3) is 5.59. The molecule has 0 bridgehead atoms. The predicted molar refractivity (Wildman–Crippen MR) is 137 cm³/mol. The van der Waals surface area contributed by atoms with Crippen LogP contribution in [-0.2, 0) is 24.8 Å². The van der Waals surface area contributed by atoms with Crippen LogP contribution in [0.4, 0.5) is 5.69 Å². The van der Waals surface area contributed by atoms with E-state index >= 15 is 0 Å². The molecule has 0 saturated carbocycles. The predicted octanol–water partition coefficient (Wildman–Crippen LogP) is 3.22. The summed E-state index contributed by atoms with van der Waals surface area (Å²) in [6.45, 7) is 3.21. The molecule has 1 N–H and O–H groups in total. The minimum absolute atomic E-state index is 0.0110. The van der Waals surface area contributed by atoms with Crippen LogP contribution in [-0.4, -0.2) is 64.6 Å². The summed E-state index contributed by atoms with van der Waals surface area (Å²) in [6, 6.07) is 11.2. The maximum Gasteiger partial charge on any atom is 0.246 e. The molecule has 0 radical (unpaired) electrons. The second-order valence-electron chi connectivity index (χ2n) is 9.33. The number of hydrogen-bond acceptors (Lipinski definition) is 6. The molecule has 1 atom stereocenters. The van der Waals surface area contributed by atoms with Crippen molar-refractivity contribution in [1.82, 2.24) is 8.61 Å². The van der Waals surface area contributed by atoms with Gasteiger partial charge in [-0.3, -0.25) is 4.79 Å². The van der Waals surface area contributed by atoms with Crippen LogP contribution in [0.25, 0.3) is 0 Å². The normalized spacial score (nSPS) is 20.1. The first kappa shape index (κ1) is 26.6. The largest absolute Gasteiger partial charge is 0.495 e. The van der Waals surface area contributed by atoms with Gasteiger partial charge in [0.1, 0.15) is 10.6 Å². The average Bonchev–Trinajstić information content (AvgIpc) is 2.89. The molecule has 36 heavy (non-hydrogen) atoms. The van der Waals surface area contributed by atoms with Gasteiger partial charge in [0.2, 0.25) is 26.0 Å². The molecule has 0 spiro atoms. The van der Waals surface area contributed by atoms with Gasteiger partial charge in [0.15, 0.2) is 0 Å². The van der Waals surface area contributed by atoms with Crippen LogP contribution in [0, 0.1) is 12.8 Å². The average molecular weight is 536 g/mol. The quantitative estimate of drug-likeness (QED) is 0.583. The van der Waals surface area contributed by atoms with Crippen LogP contribution in [0.1, 0.15) is 37.7 Å². The maximum absolute atomic E-state index is 13.3. The van der Waals surface area contributed by atoms with Crippen LogP contribution in [0.15, 0.2) is 52.3 Å². The Morgan fingerprint density at radius 2 is 1.56 bits per heavy atom. The standard InChI is InChI=1S/C25H33N3O6S2/c1-19-8-11-22(12-9-19)35(30,31)28-16-6-7-20(18-28)25(29)26-21-10-13-23(34-2)24(17-21)36(32,33)27-14-4-3-5-15-27/h8-13,17,20H,3-7,14-16,18H2,1-2H3,(H,26,29)/t20-/m1/s1. The number of piperidine rings is 2. The number of benzene rings is 2. The van der Waals surface area contributed by atoms with E-state index in [0.717, 1.165) is 24.8 Å². The Kier molecular flexibility index (Phi) is 8.03. The second kappa shape index (κ2) is 10.9. The molecule has 9 nitrogen and oxygen atoms in total. The molecule has 2 fully saturated rings. The Balaban J connectivity index is 1.51. The minimum atomic E-state index is -3.78. The molecule has 0 aromatic heterocycles. The first-order chi connectivity index (χ1) is 17.1. The lowest BCUT2D eigenvalue weighted by atomic mass is 9.98. The van der Waals surface area contributed by atoms with Gasteiger partial charge in [0, 0.05) is 31.9 Å². The van der Waals surface area contributed by atoms with Crippen molar-refractivity contribution in [2.75, 3.05) is 38.6 Å². The molecule has 2 heterocycles. The van der Waals surface area contributed by atoms with Gasteiger partial charge >= 0.3 is 0 Å². The number of aryl methyl sites for hydroxylation is 1. The van der Waals surface area contributed by atoms with Crippen LogP contribution in [0.5, 0.6) is 5.75 Å². The van der Waals surface area contributed by atoms with Crippen molar-refractivity contribution < 1.29 is 26.4 Å². The molecule has 0 unspecified atom stereocenters. The zero-order chi connectivity index (χ0) is 25.9. The maximum atomic E-state index is 13.3. The Labute approximate surface area is 213 Å². The second-order valence-corrected chi connectivity index (χ2v) is 13.2. The van der Waals surface area contributed by atoms with E-state index in [-0.39, 0.29) is 28.0 Å². The number of carbonyl (C=O) groups excluding carboxylic acids is 1. The van der Waals surface area contributed by atoms with Crippen molar-refractivity contribution in [2.24, 2.45) is 5.92 Å². The van der Waals surface area contributed by atoms with Crippen LogP contribution in [0.3, 0.4) is 0 Å². The van der Waals surface area contributed by atoms with Crippen molar-refractivity contribution in [3.05, 3.63) is 48.0 Å². The van der Waals surface area contributed by atoms with E-state index in [9.17, 15) is 21.6 Å². The van der Waals surface area contributed by atoms with Crippen LogP contribution >= 0.6 is 0 Å². The molecular formula is C25H33N3O6S2. The smallest absolute Gasteiger partial charge is 0.246 e. The van der Waals surface area contributed by atoms with Crippen molar-refractivity contribution in [2.45, 2.75) is 48.8 Å². The lowest BCUT2D eigenvalue weighted by Crippen LogP contribution is -2.43. The van der Waals surface area contributed by atoms with Crippen LogP contribution in [0.2, 0.25) is 0 Å².